The molecule has 2 fully saturated rings. The van der Waals surface area contributed by atoms with Gasteiger partial charge in [-0.3, -0.25) is 0 Å². The molecule has 0 radical (unpaired) electrons. The van der Waals surface area contributed by atoms with E-state index in [1.54, 1.807) is 24.1 Å². The summed E-state index contributed by atoms with van der Waals surface area (Å²) < 4.78 is 64.9. The van der Waals surface area contributed by atoms with Crippen molar-refractivity contribution in [1.82, 2.24) is 5.32 Å². The van der Waals surface area contributed by atoms with Gasteiger partial charge in [-0.1, -0.05) is 0 Å². The Morgan fingerprint density at radius 1 is 1.15 bits per heavy atom. The van der Waals surface area contributed by atoms with Gasteiger partial charge in [0.25, 0.3) is 5.92 Å². The Bertz CT molecular complexity index is 660. The largest absolute Gasteiger partial charge is 0.397 e. The Morgan fingerprint density at radius 3 is 2.30 bits per heavy atom. The smallest absolute Gasteiger partial charge is 0.391 e. The lowest BCUT2D eigenvalue weighted by Crippen LogP contribution is -2.56. The Morgan fingerprint density at radius 2 is 1.78 bits per heavy atom. The molecule has 1 saturated heterocycles. The molecule has 0 unspecified atom stereocenters. The molecule has 1 aliphatic heterocycles. The molecule has 1 saturated carbocycles. The summed E-state index contributed by atoms with van der Waals surface area (Å²) in [5, 5.41) is 6.23. The Balaban J connectivity index is 1.65. The molecular formula is C18H25F5N4. The van der Waals surface area contributed by atoms with Gasteiger partial charge in [0.2, 0.25) is 0 Å². The standard InChI is InChI=1S/C18H25F5N4/c1-25-15-7-16(27-9-17(19,20)10-27)11(6-14(15)24)8-26-13-4-2-12(3-5-13)18(21,22)23/h6-7,12-13,25-26H,2-5,8-10,24H2,1H3. The van der Waals surface area contributed by atoms with Gasteiger partial charge in [-0.25, -0.2) is 8.78 Å². The molecule has 1 aromatic carbocycles. The van der Waals surface area contributed by atoms with Crippen LogP contribution >= 0.6 is 0 Å². The highest BCUT2D eigenvalue weighted by Crippen LogP contribution is 2.39. The van der Waals surface area contributed by atoms with Crippen molar-refractivity contribution in [1.29, 1.82) is 0 Å². The molecule has 0 atom stereocenters. The molecular weight excluding hydrogens is 367 g/mol. The summed E-state index contributed by atoms with van der Waals surface area (Å²) in [7, 11) is 1.71. The first kappa shape index (κ1) is 20.0. The third-order valence-electron chi connectivity index (χ3n) is 5.48. The van der Waals surface area contributed by atoms with Gasteiger partial charge >= 0.3 is 6.18 Å². The van der Waals surface area contributed by atoms with Crippen LogP contribution in [0.3, 0.4) is 0 Å². The van der Waals surface area contributed by atoms with E-state index in [4.69, 9.17) is 5.73 Å². The summed E-state index contributed by atoms with van der Waals surface area (Å²) in [6.45, 7) is -0.305. The molecule has 4 nitrogen and oxygen atoms in total. The van der Waals surface area contributed by atoms with Crippen molar-refractivity contribution in [2.45, 2.75) is 50.4 Å². The van der Waals surface area contributed by atoms with Gasteiger partial charge in [-0.2, -0.15) is 13.2 Å². The van der Waals surface area contributed by atoms with Crippen LogP contribution in [-0.4, -0.2) is 38.3 Å². The minimum absolute atomic E-state index is 0.0144. The number of anilines is 3. The molecule has 0 amide bonds. The van der Waals surface area contributed by atoms with E-state index in [-0.39, 0.29) is 32.0 Å². The number of halogens is 5. The monoisotopic (exact) mass is 392 g/mol. The second kappa shape index (κ2) is 7.33. The predicted octanol–water partition coefficient (Wildman–Crippen LogP) is 3.98. The van der Waals surface area contributed by atoms with Crippen LogP contribution in [0.4, 0.5) is 39.0 Å². The molecule has 4 N–H and O–H groups in total. The van der Waals surface area contributed by atoms with Crippen molar-refractivity contribution in [3.05, 3.63) is 17.7 Å². The van der Waals surface area contributed by atoms with E-state index < -0.39 is 18.0 Å². The average Bonchev–Trinajstić information content (AvgIpc) is 2.57. The third kappa shape index (κ3) is 4.56. The normalized spacial score (nSPS) is 25.2. The molecule has 1 aromatic rings. The maximum atomic E-state index is 13.3. The number of nitrogens with one attached hydrogen (secondary N) is 2. The van der Waals surface area contributed by atoms with Gasteiger partial charge in [0, 0.05) is 25.3 Å². The van der Waals surface area contributed by atoms with E-state index in [1.807, 2.05) is 0 Å². The first-order valence-corrected chi connectivity index (χ1v) is 9.12. The average molecular weight is 392 g/mol. The molecule has 3 rings (SSSR count). The highest BCUT2D eigenvalue weighted by molar-refractivity contribution is 5.75. The second-order valence-corrected chi connectivity index (χ2v) is 7.50. The number of nitrogens with two attached hydrogens (primary N) is 1. The number of rotatable bonds is 5. The number of hydrogen-bond acceptors (Lipinski definition) is 4. The van der Waals surface area contributed by atoms with E-state index in [1.165, 1.54) is 0 Å². The first-order chi connectivity index (χ1) is 12.6. The molecule has 1 heterocycles. The lowest BCUT2D eigenvalue weighted by atomic mass is 9.85. The number of alkyl halides is 5. The van der Waals surface area contributed by atoms with Crippen molar-refractivity contribution >= 4 is 17.1 Å². The van der Waals surface area contributed by atoms with Crippen LogP contribution in [0, 0.1) is 5.92 Å². The molecule has 27 heavy (non-hydrogen) atoms. The second-order valence-electron chi connectivity index (χ2n) is 7.50. The van der Waals surface area contributed by atoms with Crippen molar-refractivity contribution in [2.24, 2.45) is 5.92 Å². The van der Waals surface area contributed by atoms with Gasteiger partial charge in [-0.15, -0.1) is 0 Å². The summed E-state index contributed by atoms with van der Waals surface area (Å²) in [5.41, 5.74) is 8.63. The van der Waals surface area contributed by atoms with E-state index in [2.05, 4.69) is 10.6 Å². The van der Waals surface area contributed by atoms with E-state index >= 15 is 0 Å². The Labute approximate surface area is 155 Å². The number of benzene rings is 1. The van der Waals surface area contributed by atoms with Crippen LogP contribution in [0.15, 0.2) is 12.1 Å². The number of nitrogens with zero attached hydrogens (tertiary/aromatic N) is 1. The van der Waals surface area contributed by atoms with Crippen LogP contribution in [0.25, 0.3) is 0 Å². The minimum Gasteiger partial charge on any atom is -0.397 e. The van der Waals surface area contributed by atoms with Gasteiger partial charge in [0.15, 0.2) is 0 Å². The zero-order valence-corrected chi connectivity index (χ0v) is 15.2. The number of hydrogen-bond donors (Lipinski definition) is 3. The van der Waals surface area contributed by atoms with Crippen molar-refractivity contribution < 1.29 is 22.0 Å². The maximum absolute atomic E-state index is 13.3. The first-order valence-electron chi connectivity index (χ1n) is 9.12. The summed E-state index contributed by atoms with van der Waals surface area (Å²) in [6.07, 6.45) is -2.99. The lowest BCUT2D eigenvalue weighted by molar-refractivity contribution is -0.182. The van der Waals surface area contributed by atoms with E-state index in [0.29, 0.717) is 36.4 Å². The highest BCUT2D eigenvalue weighted by Gasteiger charge is 2.45. The minimum atomic E-state index is -4.13. The van der Waals surface area contributed by atoms with E-state index in [9.17, 15) is 22.0 Å². The SMILES string of the molecule is CNc1cc(N2CC(F)(F)C2)c(CNC2CCC(C(F)(F)F)CC2)cc1N. The quantitative estimate of drug-likeness (QED) is 0.524. The molecule has 152 valence electrons. The van der Waals surface area contributed by atoms with Crippen molar-refractivity contribution in [2.75, 3.05) is 36.1 Å². The molecule has 0 bridgehead atoms. The summed E-state index contributed by atoms with van der Waals surface area (Å²) in [6, 6.07) is 3.48. The molecule has 1 aliphatic carbocycles. The third-order valence-corrected chi connectivity index (χ3v) is 5.48. The van der Waals surface area contributed by atoms with Crippen molar-refractivity contribution in [3.63, 3.8) is 0 Å². The van der Waals surface area contributed by atoms with Crippen molar-refractivity contribution in [3.8, 4) is 0 Å². The zero-order chi connectivity index (χ0) is 19.8. The Hall–Kier alpha value is -1.77. The summed E-state index contributed by atoms with van der Waals surface area (Å²) in [5.74, 6) is -3.91. The summed E-state index contributed by atoms with van der Waals surface area (Å²) in [4.78, 5) is 1.60. The van der Waals surface area contributed by atoms with Crippen LogP contribution in [0.2, 0.25) is 0 Å². The fourth-order valence-electron chi connectivity index (χ4n) is 3.87. The highest BCUT2D eigenvalue weighted by atomic mass is 19.4. The Kier molecular flexibility index (Phi) is 5.42. The molecule has 9 heteroatoms. The fourth-order valence-corrected chi connectivity index (χ4v) is 3.87. The van der Waals surface area contributed by atoms with Crippen LogP contribution in [0.1, 0.15) is 31.2 Å². The summed E-state index contributed by atoms with van der Waals surface area (Å²) >= 11 is 0. The fraction of sp³-hybridized carbons (Fsp3) is 0.667. The molecule has 0 spiro atoms. The van der Waals surface area contributed by atoms with Gasteiger partial charge in [0.1, 0.15) is 0 Å². The van der Waals surface area contributed by atoms with Crippen LogP contribution in [-0.2, 0) is 6.54 Å². The lowest BCUT2D eigenvalue weighted by Gasteiger charge is -2.42. The van der Waals surface area contributed by atoms with Crippen LogP contribution < -0.4 is 21.3 Å². The molecule has 0 aromatic heterocycles. The molecule has 2 aliphatic rings. The van der Waals surface area contributed by atoms with Crippen LogP contribution in [0.5, 0.6) is 0 Å². The van der Waals surface area contributed by atoms with E-state index in [0.717, 1.165) is 5.56 Å². The predicted molar refractivity (Wildman–Crippen MR) is 96.2 cm³/mol. The maximum Gasteiger partial charge on any atom is 0.391 e. The van der Waals surface area contributed by atoms with Gasteiger partial charge in [0.05, 0.1) is 30.4 Å². The van der Waals surface area contributed by atoms with Gasteiger partial charge in [-0.05, 0) is 43.4 Å². The number of nitrogen functional groups attached to an aromatic ring is 1. The zero-order valence-electron chi connectivity index (χ0n) is 15.2. The van der Waals surface area contributed by atoms with Gasteiger partial charge < -0.3 is 21.3 Å². The topological polar surface area (TPSA) is 53.3 Å².